The third kappa shape index (κ3) is 5.50. The predicted octanol–water partition coefficient (Wildman–Crippen LogP) is 2.49. The quantitative estimate of drug-likeness (QED) is 0.655. The maximum Gasteiger partial charge on any atom is 0.330 e. The molecule has 23 heavy (non-hydrogen) atoms. The molecule has 0 bridgehead atoms. The van der Waals surface area contributed by atoms with Crippen LogP contribution in [0.3, 0.4) is 0 Å². The van der Waals surface area contributed by atoms with E-state index in [1.807, 2.05) is 26.0 Å². The van der Waals surface area contributed by atoms with Crippen molar-refractivity contribution in [2.75, 3.05) is 7.11 Å². The van der Waals surface area contributed by atoms with Gasteiger partial charge >= 0.3 is 11.9 Å². The lowest BCUT2D eigenvalue weighted by Crippen LogP contribution is -2.30. The summed E-state index contributed by atoms with van der Waals surface area (Å²) < 4.78 is 9.49. The van der Waals surface area contributed by atoms with Crippen LogP contribution in [0.15, 0.2) is 52.6 Å². The maximum atomic E-state index is 11.2. The van der Waals surface area contributed by atoms with Crippen LogP contribution in [0.5, 0.6) is 0 Å². The second-order valence-corrected chi connectivity index (χ2v) is 5.14. The predicted molar refractivity (Wildman–Crippen MR) is 85.4 cm³/mol. The Morgan fingerprint density at radius 2 is 1.96 bits per heavy atom. The molecule has 0 fully saturated rings. The largest absolute Gasteiger partial charge is 0.480 e. The number of esters is 1. The van der Waals surface area contributed by atoms with Crippen molar-refractivity contribution < 1.29 is 23.8 Å². The second-order valence-electron chi connectivity index (χ2n) is 5.14. The summed E-state index contributed by atoms with van der Waals surface area (Å²) in [6.07, 6.45) is 7.22. The summed E-state index contributed by atoms with van der Waals surface area (Å²) in [7, 11) is 1.23. The molecule has 0 saturated carbocycles. The molecule has 0 aliphatic heterocycles. The van der Waals surface area contributed by atoms with Crippen molar-refractivity contribution in [3.8, 4) is 0 Å². The zero-order valence-electron chi connectivity index (χ0n) is 13.4. The molecule has 1 unspecified atom stereocenters. The summed E-state index contributed by atoms with van der Waals surface area (Å²) in [6, 6.07) is 3.91. The van der Waals surface area contributed by atoms with E-state index in [0.717, 1.165) is 17.6 Å². The summed E-state index contributed by atoms with van der Waals surface area (Å²) in [5.41, 5.74) is 4.78. The van der Waals surface area contributed by atoms with Gasteiger partial charge in [0.2, 0.25) is 0 Å². The molecule has 1 heterocycles. The normalized spacial score (nSPS) is 19.7. The summed E-state index contributed by atoms with van der Waals surface area (Å²) in [4.78, 5) is 22.1. The number of nitrogens with two attached hydrogens (primary N) is 1. The first-order chi connectivity index (χ1) is 10.8. The summed E-state index contributed by atoms with van der Waals surface area (Å²) >= 11 is 0. The number of aliphatic carboxylic acids is 1. The topological polar surface area (TPSA) is 103 Å². The number of methoxy groups -OCH3 is 1. The lowest BCUT2D eigenvalue weighted by molar-refractivity contribution is -0.143. The van der Waals surface area contributed by atoms with Crippen molar-refractivity contribution in [2.45, 2.75) is 20.3 Å². The highest BCUT2D eigenvalue weighted by atomic mass is 16.5. The molecule has 1 aromatic heterocycles. The fourth-order valence-corrected chi connectivity index (χ4v) is 1.97. The number of allylic oxidation sites excluding steroid dienone is 3. The molecule has 124 valence electrons. The number of ether oxygens (including phenoxy) is 1. The third-order valence-electron chi connectivity index (χ3n) is 3.19. The molecule has 1 aromatic rings. The number of hydrogen-bond acceptors (Lipinski definition) is 5. The van der Waals surface area contributed by atoms with Crippen LogP contribution in [-0.2, 0) is 14.3 Å². The number of furan rings is 1. The first kappa shape index (κ1) is 18.3. The average Bonchev–Trinajstić information content (AvgIpc) is 2.88. The molecule has 1 aliphatic carbocycles. The van der Waals surface area contributed by atoms with Crippen molar-refractivity contribution in [3.05, 3.63) is 59.7 Å². The van der Waals surface area contributed by atoms with Gasteiger partial charge in [-0.15, -0.1) is 0 Å². The highest BCUT2D eigenvalue weighted by molar-refractivity contribution is 5.86. The van der Waals surface area contributed by atoms with Crippen LogP contribution in [0.25, 0.3) is 0 Å². The SMILES string of the molecule is COC(=O)C=CC1(C(=O)O)C=CC=C(N)C1.Cc1ccc(C)o1. The Morgan fingerprint density at radius 1 is 1.35 bits per heavy atom. The number of carboxylic acid groups (broad SMARTS) is 1. The standard InChI is InChI=1S/C11H13NO4.C6H8O/c1-16-9(13)4-6-11(10(14)15)5-2-3-8(12)7-11;1-5-3-4-6(2)7-5/h2-6H,7,12H2,1H3,(H,14,15);3-4H,1-2H3. The highest BCUT2D eigenvalue weighted by Gasteiger charge is 2.35. The molecule has 0 saturated heterocycles. The Morgan fingerprint density at radius 3 is 2.35 bits per heavy atom. The van der Waals surface area contributed by atoms with Crippen LogP contribution < -0.4 is 5.73 Å². The molecular weight excluding hydrogens is 298 g/mol. The minimum Gasteiger partial charge on any atom is -0.480 e. The molecular formula is C17H21NO5. The molecule has 0 aromatic carbocycles. The highest BCUT2D eigenvalue weighted by Crippen LogP contribution is 2.32. The van der Waals surface area contributed by atoms with Gasteiger partial charge in [0.05, 0.1) is 7.11 Å². The van der Waals surface area contributed by atoms with E-state index in [1.54, 1.807) is 12.2 Å². The van der Waals surface area contributed by atoms with Crippen LogP contribution in [0.2, 0.25) is 0 Å². The van der Waals surface area contributed by atoms with Crippen LogP contribution in [0.4, 0.5) is 0 Å². The van der Waals surface area contributed by atoms with Gasteiger partial charge in [-0.05, 0) is 32.1 Å². The maximum absolute atomic E-state index is 11.2. The van der Waals surface area contributed by atoms with Gasteiger partial charge in [-0.25, -0.2) is 4.79 Å². The Hall–Kier alpha value is -2.76. The molecule has 1 aliphatic rings. The Labute approximate surface area is 134 Å². The first-order valence-electron chi connectivity index (χ1n) is 6.96. The molecule has 1 atom stereocenters. The van der Waals surface area contributed by atoms with E-state index in [4.69, 9.17) is 15.3 Å². The van der Waals surface area contributed by atoms with E-state index in [2.05, 4.69) is 4.74 Å². The van der Waals surface area contributed by atoms with Gasteiger partial charge in [-0.2, -0.15) is 0 Å². The number of rotatable bonds is 3. The van der Waals surface area contributed by atoms with Crippen molar-refractivity contribution in [1.82, 2.24) is 0 Å². The molecule has 6 heteroatoms. The number of aryl methyl sites for hydroxylation is 2. The van der Waals surface area contributed by atoms with E-state index in [9.17, 15) is 9.59 Å². The molecule has 2 rings (SSSR count). The Bertz CT molecular complexity index is 637. The molecule has 3 N–H and O–H groups in total. The first-order valence-corrected chi connectivity index (χ1v) is 6.96. The number of carbonyl (C=O) groups is 2. The summed E-state index contributed by atoms with van der Waals surface area (Å²) in [5, 5.41) is 9.15. The fraction of sp³-hybridized carbons (Fsp3) is 0.294. The Kier molecular flexibility index (Phi) is 6.38. The second kappa shape index (κ2) is 8.03. The van der Waals surface area contributed by atoms with Gasteiger partial charge in [-0.1, -0.05) is 18.2 Å². The number of carboxylic acids is 1. The molecule has 0 radical (unpaired) electrons. The van der Waals surface area contributed by atoms with Crippen molar-refractivity contribution in [3.63, 3.8) is 0 Å². The minimum atomic E-state index is -1.26. The zero-order valence-corrected chi connectivity index (χ0v) is 13.4. The molecule has 0 spiro atoms. The van der Waals surface area contributed by atoms with Crippen molar-refractivity contribution >= 4 is 11.9 Å². The average molecular weight is 319 g/mol. The van der Waals surface area contributed by atoms with E-state index in [-0.39, 0.29) is 6.42 Å². The molecule has 0 amide bonds. The lowest BCUT2D eigenvalue weighted by atomic mass is 9.80. The minimum absolute atomic E-state index is 0.145. The van der Waals surface area contributed by atoms with E-state index in [0.29, 0.717) is 5.70 Å². The summed E-state index contributed by atoms with van der Waals surface area (Å²) in [5.74, 6) is 0.317. The van der Waals surface area contributed by atoms with Crippen molar-refractivity contribution in [2.24, 2.45) is 11.1 Å². The lowest BCUT2D eigenvalue weighted by Gasteiger charge is -2.24. The molecule has 6 nitrogen and oxygen atoms in total. The zero-order chi connectivity index (χ0) is 17.5. The van der Waals surface area contributed by atoms with Gasteiger partial charge in [-0.3, -0.25) is 4.79 Å². The van der Waals surface area contributed by atoms with Gasteiger partial charge in [0.15, 0.2) is 0 Å². The van der Waals surface area contributed by atoms with Gasteiger partial charge in [0.1, 0.15) is 16.9 Å². The summed E-state index contributed by atoms with van der Waals surface area (Å²) in [6.45, 7) is 3.88. The van der Waals surface area contributed by atoms with E-state index < -0.39 is 17.4 Å². The van der Waals surface area contributed by atoms with Gasteiger partial charge in [0, 0.05) is 18.2 Å². The fourth-order valence-electron chi connectivity index (χ4n) is 1.97. The van der Waals surface area contributed by atoms with Crippen LogP contribution in [0.1, 0.15) is 17.9 Å². The van der Waals surface area contributed by atoms with Crippen molar-refractivity contribution in [1.29, 1.82) is 0 Å². The smallest absolute Gasteiger partial charge is 0.330 e. The van der Waals surface area contributed by atoms with E-state index >= 15 is 0 Å². The van der Waals surface area contributed by atoms with E-state index in [1.165, 1.54) is 19.3 Å². The van der Waals surface area contributed by atoms with Crippen LogP contribution >= 0.6 is 0 Å². The van der Waals surface area contributed by atoms with Crippen LogP contribution in [0, 0.1) is 19.3 Å². The number of carbonyl (C=O) groups excluding carboxylic acids is 1. The number of hydrogen-bond donors (Lipinski definition) is 2. The van der Waals surface area contributed by atoms with Gasteiger partial charge in [0.25, 0.3) is 0 Å². The third-order valence-corrected chi connectivity index (χ3v) is 3.19. The Balaban J connectivity index is 0.000000313. The van der Waals surface area contributed by atoms with Crippen LogP contribution in [-0.4, -0.2) is 24.2 Å². The van der Waals surface area contributed by atoms with Gasteiger partial charge < -0.3 is 20.0 Å². The monoisotopic (exact) mass is 319 g/mol.